The van der Waals surface area contributed by atoms with E-state index in [0.717, 1.165) is 16.0 Å². The molecule has 0 aliphatic heterocycles. The van der Waals surface area contributed by atoms with Crippen LogP contribution in [0.4, 0.5) is 0 Å². The molecule has 21 heavy (non-hydrogen) atoms. The Labute approximate surface area is 126 Å². The molecule has 5 heteroatoms. The van der Waals surface area contributed by atoms with E-state index in [1.807, 2.05) is 48.7 Å². The minimum Gasteiger partial charge on any atom is -0.442 e. The number of aryl methyl sites for hydroxylation is 1. The third-order valence-corrected chi connectivity index (χ3v) is 4.10. The number of rotatable bonds is 4. The summed E-state index contributed by atoms with van der Waals surface area (Å²) in [6.07, 6.45) is 1.30. The standard InChI is InChI=1S/C16H14N2O2S/c1-11-5-2-3-6-12(11)9-17-16(19)14-15(20-10-18-14)13-7-4-8-21-13/h2-8,10H,9H2,1H3,(H,17,19). The predicted molar refractivity (Wildman–Crippen MR) is 82.2 cm³/mol. The SMILES string of the molecule is Cc1ccccc1CNC(=O)c1ncoc1-c1cccs1. The van der Waals surface area contributed by atoms with Gasteiger partial charge in [-0.3, -0.25) is 4.79 Å². The number of carbonyl (C=O) groups excluding carboxylic acids is 1. The van der Waals surface area contributed by atoms with Crippen molar-refractivity contribution >= 4 is 17.2 Å². The van der Waals surface area contributed by atoms with Crippen LogP contribution < -0.4 is 5.32 Å². The number of thiophene rings is 1. The lowest BCUT2D eigenvalue weighted by Crippen LogP contribution is -2.24. The molecule has 2 heterocycles. The van der Waals surface area contributed by atoms with Gasteiger partial charge in [0.2, 0.25) is 0 Å². The maximum Gasteiger partial charge on any atom is 0.274 e. The van der Waals surface area contributed by atoms with Crippen molar-refractivity contribution in [3.05, 3.63) is 65.0 Å². The van der Waals surface area contributed by atoms with Gasteiger partial charge in [-0.15, -0.1) is 11.3 Å². The van der Waals surface area contributed by atoms with Gasteiger partial charge in [0.05, 0.1) is 4.88 Å². The quantitative estimate of drug-likeness (QED) is 0.800. The lowest BCUT2D eigenvalue weighted by molar-refractivity contribution is 0.0947. The Balaban J connectivity index is 1.75. The molecule has 0 spiro atoms. The molecule has 0 bridgehead atoms. The molecule has 0 unspecified atom stereocenters. The van der Waals surface area contributed by atoms with E-state index in [1.165, 1.54) is 17.7 Å². The van der Waals surface area contributed by atoms with Crippen molar-refractivity contribution in [3.8, 4) is 10.6 Å². The number of hydrogen-bond donors (Lipinski definition) is 1. The molecule has 0 saturated carbocycles. The van der Waals surface area contributed by atoms with Crippen molar-refractivity contribution in [1.29, 1.82) is 0 Å². The number of benzene rings is 1. The first-order chi connectivity index (χ1) is 10.3. The van der Waals surface area contributed by atoms with Gasteiger partial charge in [-0.05, 0) is 29.5 Å². The summed E-state index contributed by atoms with van der Waals surface area (Å²) in [5.74, 6) is 0.294. The minimum atomic E-state index is -0.226. The van der Waals surface area contributed by atoms with E-state index in [-0.39, 0.29) is 5.91 Å². The van der Waals surface area contributed by atoms with E-state index >= 15 is 0 Å². The van der Waals surface area contributed by atoms with Crippen molar-refractivity contribution in [1.82, 2.24) is 10.3 Å². The number of nitrogens with zero attached hydrogens (tertiary/aromatic N) is 1. The summed E-state index contributed by atoms with van der Waals surface area (Å²) in [6.45, 7) is 2.50. The molecule has 0 aliphatic carbocycles. The largest absolute Gasteiger partial charge is 0.442 e. The Morgan fingerprint density at radius 3 is 2.90 bits per heavy atom. The van der Waals surface area contributed by atoms with Crippen molar-refractivity contribution in [2.75, 3.05) is 0 Å². The molecular formula is C16H14N2O2S. The number of aromatic nitrogens is 1. The molecule has 106 valence electrons. The summed E-state index contributed by atoms with van der Waals surface area (Å²) in [7, 11) is 0. The third-order valence-electron chi connectivity index (χ3n) is 3.23. The van der Waals surface area contributed by atoms with Crippen LogP contribution in [0.5, 0.6) is 0 Å². The highest BCUT2D eigenvalue weighted by molar-refractivity contribution is 7.13. The first-order valence-corrected chi connectivity index (χ1v) is 7.44. The second kappa shape index (κ2) is 5.93. The molecule has 0 atom stereocenters. The fourth-order valence-corrected chi connectivity index (χ4v) is 2.77. The lowest BCUT2D eigenvalue weighted by Gasteiger charge is -2.07. The number of nitrogens with one attached hydrogen (secondary N) is 1. The highest BCUT2D eigenvalue weighted by atomic mass is 32.1. The van der Waals surface area contributed by atoms with Crippen LogP contribution in [-0.2, 0) is 6.54 Å². The molecule has 3 rings (SSSR count). The van der Waals surface area contributed by atoms with E-state index in [4.69, 9.17) is 4.42 Å². The topological polar surface area (TPSA) is 55.1 Å². The van der Waals surface area contributed by atoms with E-state index in [0.29, 0.717) is 18.0 Å². The summed E-state index contributed by atoms with van der Waals surface area (Å²) < 4.78 is 5.34. The highest BCUT2D eigenvalue weighted by Gasteiger charge is 2.18. The Morgan fingerprint density at radius 1 is 1.29 bits per heavy atom. The molecule has 4 nitrogen and oxygen atoms in total. The summed E-state index contributed by atoms with van der Waals surface area (Å²) in [5.41, 5.74) is 2.56. The van der Waals surface area contributed by atoms with Crippen LogP contribution in [0.15, 0.2) is 52.6 Å². The Hall–Kier alpha value is -2.40. The lowest BCUT2D eigenvalue weighted by atomic mass is 10.1. The normalized spacial score (nSPS) is 10.5. The number of oxazole rings is 1. The van der Waals surface area contributed by atoms with Crippen molar-refractivity contribution in [3.63, 3.8) is 0 Å². The molecule has 1 aromatic carbocycles. The van der Waals surface area contributed by atoms with Crippen LogP contribution in [0.2, 0.25) is 0 Å². The van der Waals surface area contributed by atoms with Crippen LogP contribution in [-0.4, -0.2) is 10.9 Å². The van der Waals surface area contributed by atoms with Crippen LogP contribution in [0.1, 0.15) is 21.6 Å². The van der Waals surface area contributed by atoms with Gasteiger partial charge in [0.15, 0.2) is 17.8 Å². The van der Waals surface area contributed by atoms with Gasteiger partial charge in [-0.2, -0.15) is 0 Å². The second-order valence-corrected chi connectivity index (χ2v) is 5.56. The maximum atomic E-state index is 12.3. The number of hydrogen-bond acceptors (Lipinski definition) is 4. The second-order valence-electron chi connectivity index (χ2n) is 4.62. The van der Waals surface area contributed by atoms with Gasteiger partial charge in [0.1, 0.15) is 0 Å². The van der Waals surface area contributed by atoms with E-state index < -0.39 is 0 Å². The van der Waals surface area contributed by atoms with Gasteiger partial charge in [0.25, 0.3) is 5.91 Å². The monoisotopic (exact) mass is 298 g/mol. The zero-order valence-electron chi connectivity index (χ0n) is 11.5. The summed E-state index contributed by atoms with van der Waals surface area (Å²) in [6, 6.07) is 11.8. The maximum absolute atomic E-state index is 12.3. The smallest absolute Gasteiger partial charge is 0.274 e. The summed E-state index contributed by atoms with van der Waals surface area (Å²) in [5, 5.41) is 4.83. The molecule has 0 saturated heterocycles. The minimum absolute atomic E-state index is 0.226. The van der Waals surface area contributed by atoms with E-state index in [2.05, 4.69) is 10.3 Å². The zero-order valence-corrected chi connectivity index (χ0v) is 12.3. The molecular weight excluding hydrogens is 284 g/mol. The molecule has 1 N–H and O–H groups in total. The Morgan fingerprint density at radius 2 is 2.14 bits per heavy atom. The first-order valence-electron chi connectivity index (χ1n) is 6.56. The van der Waals surface area contributed by atoms with Crippen LogP contribution in [0, 0.1) is 6.92 Å². The van der Waals surface area contributed by atoms with Gasteiger partial charge >= 0.3 is 0 Å². The molecule has 1 amide bonds. The van der Waals surface area contributed by atoms with Gasteiger partial charge < -0.3 is 9.73 Å². The van der Waals surface area contributed by atoms with Crippen molar-refractivity contribution in [2.45, 2.75) is 13.5 Å². The van der Waals surface area contributed by atoms with Crippen molar-refractivity contribution < 1.29 is 9.21 Å². The molecule has 0 radical (unpaired) electrons. The van der Waals surface area contributed by atoms with Crippen LogP contribution in [0.25, 0.3) is 10.6 Å². The van der Waals surface area contributed by atoms with E-state index in [1.54, 1.807) is 0 Å². The van der Waals surface area contributed by atoms with Gasteiger partial charge in [-0.1, -0.05) is 30.3 Å². The highest BCUT2D eigenvalue weighted by Crippen LogP contribution is 2.27. The van der Waals surface area contributed by atoms with Crippen LogP contribution >= 0.6 is 11.3 Å². The molecule has 2 aromatic heterocycles. The fraction of sp³-hybridized carbons (Fsp3) is 0.125. The molecule has 0 fully saturated rings. The Bertz CT molecular complexity index is 747. The summed E-state index contributed by atoms with van der Waals surface area (Å²) in [4.78, 5) is 17.2. The van der Waals surface area contributed by atoms with Gasteiger partial charge in [0, 0.05) is 6.54 Å². The fourth-order valence-electron chi connectivity index (χ4n) is 2.06. The van der Waals surface area contributed by atoms with Crippen LogP contribution in [0.3, 0.4) is 0 Å². The average molecular weight is 298 g/mol. The number of carbonyl (C=O) groups is 1. The first kappa shape index (κ1) is 13.6. The summed E-state index contributed by atoms with van der Waals surface area (Å²) >= 11 is 1.52. The molecule has 0 aliphatic rings. The van der Waals surface area contributed by atoms with Crippen molar-refractivity contribution in [2.24, 2.45) is 0 Å². The zero-order chi connectivity index (χ0) is 14.7. The van der Waals surface area contributed by atoms with Gasteiger partial charge in [-0.25, -0.2) is 4.98 Å². The number of amides is 1. The molecule has 3 aromatic rings. The Kier molecular flexibility index (Phi) is 3.83. The predicted octanol–water partition coefficient (Wildman–Crippen LogP) is 3.64. The van der Waals surface area contributed by atoms with E-state index in [9.17, 15) is 4.79 Å². The third kappa shape index (κ3) is 2.87. The average Bonchev–Trinajstić information content (AvgIpc) is 3.16.